The van der Waals surface area contributed by atoms with E-state index < -0.39 is 0 Å². The molecule has 2 N–H and O–H groups in total. The summed E-state index contributed by atoms with van der Waals surface area (Å²) >= 11 is 0. The third-order valence-electron chi connectivity index (χ3n) is 3.82. The van der Waals surface area contributed by atoms with Crippen molar-refractivity contribution in [1.82, 2.24) is 4.90 Å². The number of hydrogen-bond donors (Lipinski definition) is 1. The topological polar surface area (TPSA) is 46.3 Å². The van der Waals surface area contributed by atoms with E-state index in [4.69, 9.17) is 5.73 Å². The van der Waals surface area contributed by atoms with Crippen molar-refractivity contribution in [2.75, 3.05) is 13.1 Å². The zero-order valence-corrected chi connectivity index (χ0v) is 11.8. The highest BCUT2D eigenvalue weighted by molar-refractivity contribution is 5.76. The van der Waals surface area contributed by atoms with Crippen LogP contribution in [0.25, 0.3) is 0 Å². The van der Waals surface area contributed by atoms with Crippen LogP contribution in [0.15, 0.2) is 24.3 Å². The molecule has 3 heteroatoms. The van der Waals surface area contributed by atoms with Gasteiger partial charge in [-0.2, -0.15) is 0 Å². The molecule has 0 saturated carbocycles. The molecular weight excluding hydrogens is 236 g/mol. The maximum atomic E-state index is 12.2. The second kappa shape index (κ2) is 6.71. The first-order valence-corrected chi connectivity index (χ1v) is 7.27. The molecule has 1 amide bonds. The number of nitrogens with two attached hydrogens (primary N) is 1. The summed E-state index contributed by atoms with van der Waals surface area (Å²) in [5, 5.41) is 0. The fourth-order valence-electron chi connectivity index (χ4n) is 2.65. The van der Waals surface area contributed by atoms with Crippen molar-refractivity contribution in [1.29, 1.82) is 0 Å². The molecule has 104 valence electrons. The van der Waals surface area contributed by atoms with Gasteiger partial charge in [0.1, 0.15) is 0 Å². The van der Waals surface area contributed by atoms with Crippen LogP contribution in [-0.4, -0.2) is 29.9 Å². The molecule has 0 radical (unpaired) electrons. The van der Waals surface area contributed by atoms with Crippen molar-refractivity contribution in [3.8, 4) is 0 Å². The van der Waals surface area contributed by atoms with Gasteiger partial charge in [0.2, 0.25) is 5.91 Å². The number of nitrogens with zero attached hydrogens (tertiary/aromatic N) is 1. The van der Waals surface area contributed by atoms with Crippen LogP contribution in [0.3, 0.4) is 0 Å². The molecule has 1 atom stereocenters. The first-order valence-electron chi connectivity index (χ1n) is 7.27. The Hall–Kier alpha value is -1.35. The van der Waals surface area contributed by atoms with E-state index in [0.29, 0.717) is 6.42 Å². The summed E-state index contributed by atoms with van der Waals surface area (Å²) in [6.45, 7) is 3.70. The van der Waals surface area contributed by atoms with Crippen LogP contribution in [-0.2, 0) is 17.6 Å². The fraction of sp³-hybridized carbons (Fsp3) is 0.562. The predicted molar refractivity (Wildman–Crippen MR) is 77.9 cm³/mol. The predicted octanol–water partition coefficient (Wildman–Crippen LogP) is 2.13. The number of hydrogen-bond acceptors (Lipinski definition) is 2. The monoisotopic (exact) mass is 260 g/mol. The molecule has 2 rings (SSSR count). The Morgan fingerprint density at radius 1 is 1.26 bits per heavy atom. The van der Waals surface area contributed by atoms with Crippen molar-refractivity contribution in [2.45, 2.75) is 45.1 Å². The van der Waals surface area contributed by atoms with Gasteiger partial charge in [0, 0.05) is 25.6 Å². The van der Waals surface area contributed by atoms with Crippen LogP contribution in [0.4, 0.5) is 0 Å². The Labute approximate surface area is 115 Å². The van der Waals surface area contributed by atoms with Crippen LogP contribution >= 0.6 is 0 Å². The van der Waals surface area contributed by atoms with Crippen molar-refractivity contribution in [2.24, 2.45) is 5.73 Å². The molecule has 1 aliphatic rings. The van der Waals surface area contributed by atoms with E-state index in [1.807, 2.05) is 11.8 Å². The van der Waals surface area contributed by atoms with Gasteiger partial charge in [-0.15, -0.1) is 0 Å². The highest BCUT2D eigenvalue weighted by Gasteiger charge is 2.17. The van der Waals surface area contributed by atoms with Crippen LogP contribution < -0.4 is 5.73 Å². The average molecular weight is 260 g/mol. The highest BCUT2D eigenvalue weighted by Crippen LogP contribution is 2.16. The SMILES string of the molecule is CC(N)CCCC(=O)N1CCc2ccccc2CC1. The summed E-state index contributed by atoms with van der Waals surface area (Å²) in [6.07, 6.45) is 4.43. The van der Waals surface area contributed by atoms with E-state index in [9.17, 15) is 4.79 Å². The highest BCUT2D eigenvalue weighted by atomic mass is 16.2. The van der Waals surface area contributed by atoms with Gasteiger partial charge in [-0.25, -0.2) is 0 Å². The lowest BCUT2D eigenvalue weighted by atomic mass is 10.0. The largest absolute Gasteiger partial charge is 0.342 e. The minimum Gasteiger partial charge on any atom is -0.342 e. The van der Waals surface area contributed by atoms with Crippen LogP contribution in [0.2, 0.25) is 0 Å². The van der Waals surface area contributed by atoms with Crippen LogP contribution in [0.5, 0.6) is 0 Å². The zero-order valence-electron chi connectivity index (χ0n) is 11.8. The molecule has 1 aliphatic heterocycles. The molecule has 1 aromatic rings. The molecule has 0 spiro atoms. The zero-order chi connectivity index (χ0) is 13.7. The molecule has 1 unspecified atom stereocenters. The first-order chi connectivity index (χ1) is 9.16. The summed E-state index contributed by atoms with van der Waals surface area (Å²) in [7, 11) is 0. The second-order valence-electron chi connectivity index (χ2n) is 5.52. The minimum absolute atomic E-state index is 0.196. The van der Waals surface area contributed by atoms with Crippen molar-refractivity contribution >= 4 is 5.91 Å². The third kappa shape index (κ3) is 4.06. The smallest absolute Gasteiger partial charge is 0.222 e. The van der Waals surface area contributed by atoms with Gasteiger partial charge in [0.25, 0.3) is 0 Å². The van der Waals surface area contributed by atoms with E-state index in [0.717, 1.165) is 38.8 Å². The fourth-order valence-corrected chi connectivity index (χ4v) is 2.65. The molecular formula is C16H24N2O. The molecule has 1 aromatic carbocycles. The van der Waals surface area contributed by atoms with Gasteiger partial charge in [-0.1, -0.05) is 24.3 Å². The Bertz CT molecular complexity index is 402. The van der Waals surface area contributed by atoms with E-state index in [2.05, 4.69) is 24.3 Å². The van der Waals surface area contributed by atoms with Crippen molar-refractivity contribution in [3.63, 3.8) is 0 Å². The standard InChI is InChI=1S/C16H24N2O/c1-13(17)5-4-8-16(19)18-11-9-14-6-2-3-7-15(14)10-12-18/h2-3,6-7,13H,4-5,8-12,17H2,1H3. The lowest BCUT2D eigenvalue weighted by Crippen LogP contribution is -2.33. The lowest BCUT2D eigenvalue weighted by Gasteiger charge is -2.20. The number of rotatable bonds is 4. The molecule has 0 saturated heterocycles. The first kappa shape index (κ1) is 14.1. The van der Waals surface area contributed by atoms with Gasteiger partial charge >= 0.3 is 0 Å². The molecule has 0 aromatic heterocycles. The maximum Gasteiger partial charge on any atom is 0.222 e. The minimum atomic E-state index is 0.196. The number of amides is 1. The average Bonchev–Trinajstić information content (AvgIpc) is 2.60. The summed E-state index contributed by atoms with van der Waals surface area (Å²) in [6, 6.07) is 8.72. The number of benzene rings is 1. The normalized spacial score (nSPS) is 16.6. The van der Waals surface area contributed by atoms with Gasteiger partial charge in [-0.3, -0.25) is 4.79 Å². The Morgan fingerprint density at radius 2 is 1.84 bits per heavy atom. The van der Waals surface area contributed by atoms with Crippen LogP contribution in [0, 0.1) is 0 Å². The maximum absolute atomic E-state index is 12.2. The van der Waals surface area contributed by atoms with Crippen molar-refractivity contribution < 1.29 is 4.79 Å². The Morgan fingerprint density at radius 3 is 2.37 bits per heavy atom. The number of carbonyl (C=O) groups is 1. The molecule has 0 fully saturated rings. The second-order valence-corrected chi connectivity index (χ2v) is 5.52. The summed E-state index contributed by atoms with van der Waals surface area (Å²) < 4.78 is 0. The van der Waals surface area contributed by atoms with Gasteiger partial charge in [0.05, 0.1) is 0 Å². The number of carbonyl (C=O) groups excluding carboxylic acids is 1. The van der Waals surface area contributed by atoms with Gasteiger partial charge in [0.15, 0.2) is 0 Å². The van der Waals surface area contributed by atoms with E-state index in [-0.39, 0.29) is 11.9 Å². The Kier molecular flexibility index (Phi) is 4.97. The molecule has 0 aliphatic carbocycles. The van der Waals surface area contributed by atoms with Gasteiger partial charge in [-0.05, 0) is 43.7 Å². The molecule has 19 heavy (non-hydrogen) atoms. The quantitative estimate of drug-likeness (QED) is 0.901. The summed E-state index contributed by atoms with van der Waals surface area (Å²) in [5.41, 5.74) is 8.51. The van der Waals surface area contributed by atoms with Crippen molar-refractivity contribution in [3.05, 3.63) is 35.4 Å². The molecule has 3 nitrogen and oxygen atoms in total. The molecule has 1 heterocycles. The Balaban J connectivity index is 1.85. The lowest BCUT2D eigenvalue weighted by molar-refractivity contribution is -0.131. The summed E-state index contributed by atoms with van der Waals surface area (Å²) in [4.78, 5) is 14.2. The third-order valence-corrected chi connectivity index (χ3v) is 3.82. The summed E-state index contributed by atoms with van der Waals surface area (Å²) in [5.74, 6) is 0.286. The van der Waals surface area contributed by atoms with Gasteiger partial charge < -0.3 is 10.6 Å². The molecule has 0 bridgehead atoms. The van der Waals surface area contributed by atoms with Crippen LogP contribution in [0.1, 0.15) is 37.3 Å². The van der Waals surface area contributed by atoms with E-state index in [1.165, 1.54) is 11.1 Å². The van der Waals surface area contributed by atoms with E-state index >= 15 is 0 Å². The van der Waals surface area contributed by atoms with E-state index in [1.54, 1.807) is 0 Å². The number of fused-ring (bicyclic) bond motifs is 1.